The van der Waals surface area contributed by atoms with Crippen molar-refractivity contribution >= 4 is 23.3 Å². The molecule has 0 atom stereocenters. The summed E-state index contributed by atoms with van der Waals surface area (Å²) in [5.41, 5.74) is 0.0121. The number of carboxylic acid groups (broad SMARTS) is 2. The van der Waals surface area contributed by atoms with Crippen molar-refractivity contribution in [3.63, 3.8) is 0 Å². The molecule has 1 saturated carbocycles. The second-order valence-corrected chi connectivity index (χ2v) is 6.34. The van der Waals surface area contributed by atoms with Crippen molar-refractivity contribution in [1.82, 2.24) is 0 Å². The Morgan fingerprint density at radius 2 is 1.85 bits per heavy atom. The zero-order chi connectivity index (χ0) is 19.6. The minimum absolute atomic E-state index is 0.0159. The summed E-state index contributed by atoms with van der Waals surface area (Å²) in [6.07, 6.45) is 1.52. The molecule has 27 heavy (non-hydrogen) atoms. The summed E-state index contributed by atoms with van der Waals surface area (Å²) < 4.78 is 29.2. The maximum atomic E-state index is 12.4. The highest BCUT2D eigenvalue weighted by molar-refractivity contribution is 5.92. The molecule has 0 saturated heterocycles. The largest absolute Gasteiger partial charge is 0.481 e. The first-order valence-corrected chi connectivity index (χ1v) is 8.25. The third kappa shape index (κ3) is 3.69. The van der Waals surface area contributed by atoms with Gasteiger partial charge in [-0.3, -0.25) is 4.79 Å². The predicted octanol–water partition coefficient (Wildman–Crippen LogP) is 4.24. The van der Waals surface area contributed by atoms with Crippen LogP contribution in [0, 0.1) is 0 Å². The van der Waals surface area contributed by atoms with E-state index in [4.69, 9.17) is 0 Å². The third-order valence-electron chi connectivity index (χ3n) is 4.74. The van der Waals surface area contributed by atoms with Gasteiger partial charge in [0.25, 0.3) is 0 Å². The predicted molar refractivity (Wildman–Crippen MR) is 92.9 cm³/mol. The van der Waals surface area contributed by atoms with Crippen LogP contribution in [0.5, 0.6) is 5.75 Å². The first kappa shape index (κ1) is 18.6. The first-order chi connectivity index (χ1) is 12.8. The fourth-order valence-corrected chi connectivity index (χ4v) is 3.22. The smallest absolute Gasteiger partial charge is 0.387 e. The van der Waals surface area contributed by atoms with E-state index in [0.717, 1.165) is 6.42 Å². The number of hydrogen-bond donors (Lipinski definition) is 3. The van der Waals surface area contributed by atoms with Crippen molar-refractivity contribution in [3.8, 4) is 5.75 Å². The van der Waals surface area contributed by atoms with Crippen LogP contribution >= 0.6 is 0 Å². The topological polar surface area (TPSA) is 95.9 Å². The number of carboxylic acids is 2. The molecular weight excluding hydrogens is 360 g/mol. The zero-order valence-corrected chi connectivity index (χ0v) is 14.1. The fraction of sp³-hybridized carbons (Fsp3) is 0.263. The Morgan fingerprint density at radius 3 is 2.41 bits per heavy atom. The molecule has 3 rings (SSSR count). The highest BCUT2D eigenvalue weighted by Crippen LogP contribution is 2.47. The molecule has 0 aliphatic heterocycles. The number of aromatic carboxylic acids is 1. The molecule has 2 aromatic rings. The molecule has 0 radical (unpaired) electrons. The molecule has 6 nitrogen and oxygen atoms in total. The molecule has 142 valence electrons. The molecule has 8 heteroatoms. The number of rotatable bonds is 7. The molecule has 0 amide bonds. The van der Waals surface area contributed by atoms with Crippen molar-refractivity contribution in [2.75, 3.05) is 5.32 Å². The van der Waals surface area contributed by atoms with E-state index >= 15 is 0 Å². The number of benzene rings is 2. The van der Waals surface area contributed by atoms with Crippen molar-refractivity contribution in [3.05, 3.63) is 53.6 Å². The number of ether oxygens (including phenoxy) is 1. The number of aliphatic carboxylic acids is 1. The second-order valence-electron chi connectivity index (χ2n) is 6.34. The van der Waals surface area contributed by atoms with Gasteiger partial charge in [-0.2, -0.15) is 8.78 Å². The zero-order valence-electron chi connectivity index (χ0n) is 14.1. The van der Waals surface area contributed by atoms with Crippen molar-refractivity contribution in [2.45, 2.75) is 31.3 Å². The second kappa shape index (κ2) is 7.22. The van der Waals surface area contributed by atoms with Crippen LogP contribution in [0.4, 0.5) is 20.2 Å². The van der Waals surface area contributed by atoms with E-state index in [0.29, 0.717) is 29.8 Å². The Hall–Kier alpha value is -3.16. The highest BCUT2D eigenvalue weighted by Gasteiger charge is 2.47. The van der Waals surface area contributed by atoms with Crippen LogP contribution in [0.3, 0.4) is 0 Å². The van der Waals surface area contributed by atoms with Gasteiger partial charge in [-0.25, -0.2) is 4.79 Å². The summed E-state index contributed by atoms with van der Waals surface area (Å²) in [5.74, 6) is -2.22. The SMILES string of the molecule is O=C(O)c1ccc(Nc2cccc(OC(F)F)c2)c(C2(C(=O)O)CCC2)c1. The fourth-order valence-electron chi connectivity index (χ4n) is 3.22. The van der Waals surface area contributed by atoms with Gasteiger partial charge in [-0.15, -0.1) is 0 Å². The van der Waals surface area contributed by atoms with Crippen LogP contribution in [0.15, 0.2) is 42.5 Å². The Kier molecular flexibility index (Phi) is 4.98. The number of hydrogen-bond acceptors (Lipinski definition) is 4. The van der Waals surface area contributed by atoms with Gasteiger partial charge in [-0.05, 0) is 48.7 Å². The van der Waals surface area contributed by atoms with E-state index in [1.54, 1.807) is 6.07 Å². The number of alkyl halides is 2. The average molecular weight is 377 g/mol. The lowest BCUT2D eigenvalue weighted by Crippen LogP contribution is -2.42. The van der Waals surface area contributed by atoms with Gasteiger partial charge in [0.2, 0.25) is 0 Å². The Morgan fingerprint density at radius 1 is 1.11 bits per heavy atom. The van der Waals surface area contributed by atoms with Gasteiger partial charge in [0.1, 0.15) is 5.75 Å². The van der Waals surface area contributed by atoms with Crippen LogP contribution in [0.25, 0.3) is 0 Å². The van der Waals surface area contributed by atoms with Crippen molar-refractivity contribution in [2.24, 2.45) is 0 Å². The Bertz CT molecular complexity index is 880. The molecular formula is C19H17F2NO5. The van der Waals surface area contributed by atoms with Gasteiger partial charge in [0.05, 0.1) is 11.0 Å². The van der Waals surface area contributed by atoms with Crippen LogP contribution < -0.4 is 10.1 Å². The molecule has 1 aliphatic carbocycles. The molecule has 0 bridgehead atoms. The van der Waals surface area contributed by atoms with Crippen LogP contribution in [-0.2, 0) is 10.2 Å². The van der Waals surface area contributed by atoms with E-state index in [-0.39, 0.29) is 11.3 Å². The van der Waals surface area contributed by atoms with E-state index in [1.165, 1.54) is 36.4 Å². The number of halogens is 2. The Balaban J connectivity index is 2.00. The standard InChI is InChI=1S/C19H17F2NO5/c20-18(21)27-13-4-1-3-12(10-13)22-15-6-5-11(16(23)24)9-14(15)19(17(25)26)7-2-8-19/h1,3-6,9-10,18,22H,2,7-8H2,(H,23,24)(H,25,26). The average Bonchev–Trinajstić information content (AvgIpc) is 2.54. The third-order valence-corrected chi connectivity index (χ3v) is 4.74. The lowest BCUT2D eigenvalue weighted by atomic mass is 9.63. The first-order valence-electron chi connectivity index (χ1n) is 8.25. The van der Waals surface area contributed by atoms with E-state index in [1.807, 2.05) is 0 Å². The summed E-state index contributed by atoms with van der Waals surface area (Å²) in [5, 5.41) is 22.0. The van der Waals surface area contributed by atoms with Crippen LogP contribution in [0.1, 0.15) is 35.2 Å². The summed E-state index contributed by atoms with van der Waals surface area (Å²) in [6.45, 7) is -2.96. The minimum atomic E-state index is -2.96. The normalized spacial score (nSPS) is 15.1. The monoisotopic (exact) mass is 377 g/mol. The number of anilines is 2. The van der Waals surface area contributed by atoms with E-state index in [2.05, 4.69) is 10.1 Å². The van der Waals surface area contributed by atoms with Crippen LogP contribution in [-0.4, -0.2) is 28.8 Å². The number of carbonyl (C=O) groups is 2. The van der Waals surface area contributed by atoms with Gasteiger partial charge in [0, 0.05) is 17.4 Å². The van der Waals surface area contributed by atoms with Gasteiger partial charge in [-0.1, -0.05) is 12.5 Å². The molecule has 3 N–H and O–H groups in total. The molecule has 0 unspecified atom stereocenters. The van der Waals surface area contributed by atoms with E-state index in [9.17, 15) is 28.6 Å². The van der Waals surface area contributed by atoms with Crippen molar-refractivity contribution < 1.29 is 33.3 Å². The quantitative estimate of drug-likeness (QED) is 0.668. The summed E-state index contributed by atoms with van der Waals surface area (Å²) in [4.78, 5) is 23.2. The van der Waals surface area contributed by atoms with E-state index < -0.39 is 24.0 Å². The summed E-state index contributed by atoms with van der Waals surface area (Å²) >= 11 is 0. The molecule has 2 aromatic carbocycles. The van der Waals surface area contributed by atoms with Gasteiger partial charge < -0.3 is 20.3 Å². The summed E-state index contributed by atoms with van der Waals surface area (Å²) in [6, 6.07) is 10.1. The van der Waals surface area contributed by atoms with Crippen LogP contribution in [0.2, 0.25) is 0 Å². The molecule has 0 heterocycles. The number of nitrogens with one attached hydrogen (secondary N) is 1. The highest BCUT2D eigenvalue weighted by atomic mass is 19.3. The lowest BCUT2D eigenvalue weighted by molar-refractivity contribution is -0.147. The maximum absolute atomic E-state index is 12.4. The van der Waals surface area contributed by atoms with Gasteiger partial charge >= 0.3 is 18.6 Å². The maximum Gasteiger partial charge on any atom is 0.387 e. The lowest BCUT2D eigenvalue weighted by Gasteiger charge is -2.39. The Labute approximate surface area is 153 Å². The molecule has 0 spiro atoms. The minimum Gasteiger partial charge on any atom is -0.481 e. The molecule has 1 fully saturated rings. The molecule has 1 aliphatic rings. The summed E-state index contributed by atoms with van der Waals surface area (Å²) in [7, 11) is 0. The molecule has 0 aromatic heterocycles. The van der Waals surface area contributed by atoms with Crippen molar-refractivity contribution in [1.29, 1.82) is 0 Å². The van der Waals surface area contributed by atoms with Gasteiger partial charge in [0.15, 0.2) is 0 Å².